The van der Waals surface area contributed by atoms with Gasteiger partial charge in [0.25, 0.3) is 0 Å². The average molecular weight is 432 g/mol. The SMILES string of the molecule is COC(=O)C1=C(C(=O)OC)N(c2cc(N3CCCC3)ccc2S(C)(=O)=O)C=CC=C1. The molecule has 8 nitrogen and oxygen atoms in total. The van der Waals surface area contributed by atoms with Gasteiger partial charge in [-0.25, -0.2) is 18.0 Å². The second-order valence-corrected chi connectivity index (χ2v) is 8.92. The second-order valence-electron chi connectivity index (χ2n) is 6.93. The summed E-state index contributed by atoms with van der Waals surface area (Å²) in [6.45, 7) is 1.73. The Morgan fingerprint density at radius 1 is 1.00 bits per heavy atom. The molecule has 0 radical (unpaired) electrons. The van der Waals surface area contributed by atoms with Crippen molar-refractivity contribution in [2.24, 2.45) is 0 Å². The van der Waals surface area contributed by atoms with Crippen LogP contribution in [-0.2, 0) is 28.9 Å². The first kappa shape index (κ1) is 21.6. The second kappa shape index (κ2) is 8.74. The third-order valence-electron chi connectivity index (χ3n) is 4.96. The molecule has 1 saturated heterocycles. The Morgan fingerprint density at radius 2 is 1.67 bits per heavy atom. The van der Waals surface area contributed by atoms with E-state index in [1.807, 2.05) is 0 Å². The van der Waals surface area contributed by atoms with Gasteiger partial charge < -0.3 is 19.3 Å². The Labute approximate surface area is 176 Å². The molecule has 1 aromatic carbocycles. The van der Waals surface area contributed by atoms with E-state index in [1.165, 1.54) is 37.5 Å². The van der Waals surface area contributed by atoms with Crippen LogP contribution in [0.1, 0.15) is 12.8 Å². The molecule has 0 unspecified atom stereocenters. The lowest BCUT2D eigenvalue weighted by atomic mass is 10.1. The monoisotopic (exact) mass is 432 g/mol. The van der Waals surface area contributed by atoms with Gasteiger partial charge in [-0.15, -0.1) is 0 Å². The molecule has 1 aromatic rings. The van der Waals surface area contributed by atoms with E-state index in [0.717, 1.165) is 37.9 Å². The molecule has 0 aliphatic carbocycles. The summed E-state index contributed by atoms with van der Waals surface area (Å²) in [6.07, 6.45) is 9.33. The molecule has 0 N–H and O–H groups in total. The van der Waals surface area contributed by atoms with Crippen LogP contribution in [0.5, 0.6) is 0 Å². The molecule has 30 heavy (non-hydrogen) atoms. The molecule has 0 amide bonds. The van der Waals surface area contributed by atoms with Crippen molar-refractivity contribution in [3.63, 3.8) is 0 Å². The number of nitrogens with zero attached hydrogens (tertiary/aromatic N) is 2. The van der Waals surface area contributed by atoms with E-state index >= 15 is 0 Å². The largest absolute Gasteiger partial charge is 0.465 e. The zero-order chi connectivity index (χ0) is 21.9. The van der Waals surface area contributed by atoms with Crippen LogP contribution in [0.4, 0.5) is 11.4 Å². The lowest BCUT2D eigenvalue weighted by Crippen LogP contribution is -2.28. The third-order valence-corrected chi connectivity index (χ3v) is 6.11. The summed E-state index contributed by atoms with van der Waals surface area (Å²) in [5.74, 6) is -1.53. The van der Waals surface area contributed by atoms with Gasteiger partial charge in [0.05, 0.1) is 30.4 Å². The minimum atomic E-state index is -3.64. The maximum atomic E-state index is 12.7. The van der Waals surface area contributed by atoms with Crippen molar-refractivity contribution in [3.8, 4) is 0 Å². The first-order valence-electron chi connectivity index (χ1n) is 9.42. The molecule has 0 saturated carbocycles. The number of hydrogen-bond donors (Lipinski definition) is 0. The summed E-state index contributed by atoms with van der Waals surface area (Å²) in [5, 5.41) is 0. The van der Waals surface area contributed by atoms with E-state index in [2.05, 4.69) is 4.90 Å². The Hall–Kier alpha value is -3.07. The van der Waals surface area contributed by atoms with Gasteiger partial charge in [0.1, 0.15) is 5.70 Å². The zero-order valence-electron chi connectivity index (χ0n) is 17.1. The van der Waals surface area contributed by atoms with Crippen LogP contribution < -0.4 is 9.80 Å². The molecule has 9 heteroatoms. The molecule has 3 rings (SSSR count). The third kappa shape index (κ3) is 4.25. The van der Waals surface area contributed by atoms with Crippen molar-refractivity contribution < 1.29 is 27.5 Å². The summed E-state index contributed by atoms with van der Waals surface area (Å²) in [6, 6.07) is 5.00. The van der Waals surface area contributed by atoms with Crippen LogP contribution in [0.3, 0.4) is 0 Å². The van der Waals surface area contributed by atoms with E-state index in [1.54, 1.807) is 24.3 Å². The number of ether oxygens (including phenoxy) is 2. The number of allylic oxidation sites excluding steroid dienone is 2. The molecular formula is C21H24N2O6S. The fraction of sp³-hybridized carbons (Fsp3) is 0.333. The molecule has 0 atom stereocenters. The van der Waals surface area contributed by atoms with Gasteiger partial charge in [-0.2, -0.15) is 0 Å². The van der Waals surface area contributed by atoms with Crippen LogP contribution >= 0.6 is 0 Å². The topological polar surface area (TPSA) is 93.2 Å². The quantitative estimate of drug-likeness (QED) is 0.654. The van der Waals surface area contributed by atoms with Gasteiger partial charge in [0, 0.05) is 31.2 Å². The number of methoxy groups -OCH3 is 2. The van der Waals surface area contributed by atoms with Gasteiger partial charge in [0.15, 0.2) is 9.84 Å². The van der Waals surface area contributed by atoms with Crippen molar-refractivity contribution in [2.75, 3.05) is 43.4 Å². The molecule has 0 aromatic heterocycles. The number of benzene rings is 1. The van der Waals surface area contributed by atoms with E-state index < -0.39 is 21.8 Å². The minimum Gasteiger partial charge on any atom is -0.465 e. The van der Waals surface area contributed by atoms with Crippen molar-refractivity contribution in [2.45, 2.75) is 17.7 Å². The van der Waals surface area contributed by atoms with Gasteiger partial charge in [-0.05, 0) is 43.2 Å². The number of carbonyl (C=O) groups excluding carboxylic acids is 2. The minimum absolute atomic E-state index is 0.0302. The van der Waals surface area contributed by atoms with Crippen LogP contribution in [0.25, 0.3) is 0 Å². The molecule has 0 spiro atoms. The molecule has 0 bridgehead atoms. The van der Waals surface area contributed by atoms with Crippen molar-refractivity contribution in [1.82, 2.24) is 0 Å². The molecule has 1 fully saturated rings. The highest BCUT2D eigenvalue weighted by Crippen LogP contribution is 2.35. The lowest BCUT2D eigenvalue weighted by Gasteiger charge is -2.27. The average Bonchev–Trinajstić information content (AvgIpc) is 3.17. The van der Waals surface area contributed by atoms with Crippen LogP contribution in [-0.4, -0.2) is 53.9 Å². The highest BCUT2D eigenvalue weighted by atomic mass is 32.2. The van der Waals surface area contributed by atoms with E-state index in [-0.39, 0.29) is 21.9 Å². The molecule has 2 aliphatic rings. The van der Waals surface area contributed by atoms with Gasteiger partial charge >= 0.3 is 11.9 Å². The van der Waals surface area contributed by atoms with Crippen molar-refractivity contribution >= 4 is 33.2 Å². The van der Waals surface area contributed by atoms with Crippen molar-refractivity contribution in [1.29, 1.82) is 0 Å². The van der Waals surface area contributed by atoms with Crippen molar-refractivity contribution in [3.05, 3.63) is 53.9 Å². The number of sulfone groups is 1. The molecule has 2 heterocycles. The first-order valence-corrected chi connectivity index (χ1v) is 11.3. The predicted molar refractivity (Wildman–Crippen MR) is 113 cm³/mol. The van der Waals surface area contributed by atoms with Gasteiger partial charge in [-0.3, -0.25) is 0 Å². The van der Waals surface area contributed by atoms with E-state index in [0.29, 0.717) is 0 Å². The number of hydrogen-bond acceptors (Lipinski definition) is 8. The fourth-order valence-corrected chi connectivity index (χ4v) is 4.38. The van der Waals surface area contributed by atoms with E-state index in [4.69, 9.17) is 9.47 Å². The Morgan fingerprint density at radius 3 is 2.27 bits per heavy atom. The zero-order valence-corrected chi connectivity index (χ0v) is 17.9. The Kier molecular flexibility index (Phi) is 6.31. The summed E-state index contributed by atoms with van der Waals surface area (Å²) >= 11 is 0. The lowest BCUT2D eigenvalue weighted by molar-refractivity contribution is -0.139. The normalized spacial score (nSPS) is 16.6. The van der Waals surface area contributed by atoms with Crippen LogP contribution in [0, 0.1) is 0 Å². The van der Waals surface area contributed by atoms with E-state index in [9.17, 15) is 18.0 Å². The van der Waals surface area contributed by atoms with Gasteiger partial charge in [0.2, 0.25) is 0 Å². The standard InChI is InChI=1S/C21H24N2O6S/c1-28-20(24)16-8-4-5-13-23(19(16)21(25)29-2)17-14-15(22-11-6-7-12-22)9-10-18(17)30(3,26)27/h4-5,8-10,13-14H,6-7,11-12H2,1-3H3. The number of carbonyl (C=O) groups is 2. The van der Waals surface area contributed by atoms with Crippen LogP contribution in [0.2, 0.25) is 0 Å². The molecule has 160 valence electrons. The molecule has 2 aliphatic heterocycles. The number of esters is 2. The van der Waals surface area contributed by atoms with Crippen LogP contribution in [0.15, 0.2) is 58.8 Å². The smallest absolute Gasteiger partial charge is 0.355 e. The molecular weight excluding hydrogens is 408 g/mol. The summed E-state index contributed by atoms with van der Waals surface area (Å²) in [5.41, 5.74) is 0.922. The number of anilines is 2. The maximum Gasteiger partial charge on any atom is 0.355 e. The maximum absolute atomic E-state index is 12.7. The predicted octanol–water partition coefficient (Wildman–Crippen LogP) is 2.18. The number of rotatable bonds is 5. The summed E-state index contributed by atoms with van der Waals surface area (Å²) in [4.78, 5) is 28.6. The van der Waals surface area contributed by atoms with Gasteiger partial charge in [-0.1, -0.05) is 6.08 Å². The highest BCUT2D eigenvalue weighted by Gasteiger charge is 2.30. The fourth-order valence-electron chi connectivity index (χ4n) is 3.53. The first-order chi connectivity index (χ1) is 14.3. The summed E-state index contributed by atoms with van der Waals surface area (Å²) in [7, 11) is -1.24. The Balaban J connectivity index is 2.27. The highest BCUT2D eigenvalue weighted by molar-refractivity contribution is 7.90. The Bertz CT molecular complexity index is 1050. The summed E-state index contributed by atoms with van der Waals surface area (Å²) < 4.78 is 34.8.